The van der Waals surface area contributed by atoms with E-state index >= 15 is 0 Å². The molecule has 1 aliphatic rings. The first-order valence-electron chi connectivity index (χ1n) is 9.37. The fourth-order valence-corrected chi connectivity index (χ4v) is 3.38. The molecule has 0 bridgehead atoms. The Bertz CT molecular complexity index is 919. The number of nitrogens with zero attached hydrogens (tertiary/aromatic N) is 1. The van der Waals surface area contributed by atoms with Gasteiger partial charge in [-0.25, -0.2) is 0 Å². The lowest BCUT2D eigenvalue weighted by atomic mass is 10.0. The van der Waals surface area contributed by atoms with Gasteiger partial charge in [-0.3, -0.25) is 19.3 Å². The monoisotopic (exact) mass is 396 g/mol. The maximum atomic E-state index is 13.2. The van der Waals surface area contributed by atoms with Gasteiger partial charge >= 0.3 is 0 Å². The van der Waals surface area contributed by atoms with Crippen LogP contribution in [0.25, 0.3) is 0 Å². The Kier molecular flexibility index (Phi) is 5.87. The average Bonchev–Trinajstić information content (AvgIpc) is 2.97. The highest BCUT2D eigenvalue weighted by molar-refractivity contribution is 6.23. The van der Waals surface area contributed by atoms with Crippen LogP contribution in [0.15, 0.2) is 42.5 Å². The molecule has 0 aromatic heterocycles. The molecule has 152 valence electrons. The summed E-state index contributed by atoms with van der Waals surface area (Å²) in [5.74, 6) is -0.257. The van der Waals surface area contributed by atoms with Crippen molar-refractivity contribution < 1.29 is 23.9 Å². The molecule has 0 spiro atoms. The zero-order chi connectivity index (χ0) is 21.1. The number of hydrogen-bond donors (Lipinski definition) is 1. The van der Waals surface area contributed by atoms with Crippen LogP contribution >= 0.6 is 0 Å². The molecule has 3 amide bonds. The number of ether oxygens (including phenoxy) is 2. The summed E-state index contributed by atoms with van der Waals surface area (Å²) in [6, 6.07) is 10.7. The van der Waals surface area contributed by atoms with E-state index in [1.54, 1.807) is 42.5 Å². The second kappa shape index (κ2) is 8.34. The molecule has 1 N–H and O–H groups in total. The van der Waals surface area contributed by atoms with Crippen LogP contribution < -0.4 is 14.8 Å². The molecule has 0 fully saturated rings. The second-order valence-electron chi connectivity index (χ2n) is 7.23. The molecule has 1 unspecified atom stereocenters. The smallest absolute Gasteiger partial charge is 0.262 e. The molecule has 7 nitrogen and oxygen atoms in total. The largest absolute Gasteiger partial charge is 0.497 e. The predicted molar refractivity (Wildman–Crippen MR) is 108 cm³/mol. The fraction of sp³-hybridized carbons (Fsp3) is 0.318. The molecule has 1 aliphatic heterocycles. The summed E-state index contributed by atoms with van der Waals surface area (Å²) >= 11 is 0. The molecule has 0 radical (unpaired) electrons. The van der Waals surface area contributed by atoms with Crippen molar-refractivity contribution in [1.82, 2.24) is 4.90 Å². The molecular weight excluding hydrogens is 372 g/mol. The van der Waals surface area contributed by atoms with E-state index in [2.05, 4.69) is 5.32 Å². The third kappa shape index (κ3) is 3.94. The Labute approximate surface area is 169 Å². The van der Waals surface area contributed by atoms with Gasteiger partial charge in [0.1, 0.15) is 17.5 Å². The Morgan fingerprint density at radius 2 is 1.62 bits per heavy atom. The first-order chi connectivity index (χ1) is 13.9. The highest BCUT2D eigenvalue weighted by atomic mass is 16.5. The van der Waals surface area contributed by atoms with Gasteiger partial charge in [0, 0.05) is 6.07 Å². The van der Waals surface area contributed by atoms with Crippen molar-refractivity contribution >= 4 is 23.4 Å². The van der Waals surface area contributed by atoms with E-state index in [4.69, 9.17) is 9.47 Å². The van der Waals surface area contributed by atoms with Gasteiger partial charge in [-0.1, -0.05) is 26.0 Å². The van der Waals surface area contributed by atoms with Crippen LogP contribution in [0, 0.1) is 5.92 Å². The van der Waals surface area contributed by atoms with E-state index in [9.17, 15) is 14.4 Å². The molecule has 2 aromatic rings. The van der Waals surface area contributed by atoms with Gasteiger partial charge in [0.15, 0.2) is 0 Å². The van der Waals surface area contributed by atoms with Crippen molar-refractivity contribution in [3.8, 4) is 11.5 Å². The summed E-state index contributed by atoms with van der Waals surface area (Å²) in [5, 5.41) is 2.80. The van der Waals surface area contributed by atoms with Gasteiger partial charge in [-0.15, -0.1) is 0 Å². The fourth-order valence-electron chi connectivity index (χ4n) is 3.38. The Balaban J connectivity index is 1.91. The van der Waals surface area contributed by atoms with Crippen LogP contribution in [0.2, 0.25) is 0 Å². The summed E-state index contributed by atoms with van der Waals surface area (Å²) in [4.78, 5) is 40.0. The van der Waals surface area contributed by atoms with Crippen LogP contribution in [0.4, 0.5) is 5.69 Å². The lowest BCUT2D eigenvalue weighted by molar-refractivity contribution is -0.120. The van der Waals surface area contributed by atoms with Crippen LogP contribution in [0.1, 0.15) is 41.0 Å². The molecule has 29 heavy (non-hydrogen) atoms. The van der Waals surface area contributed by atoms with Gasteiger partial charge in [-0.2, -0.15) is 0 Å². The van der Waals surface area contributed by atoms with Gasteiger partial charge in [0.2, 0.25) is 5.91 Å². The van der Waals surface area contributed by atoms with Crippen LogP contribution in [0.5, 0.6) is 11.5 Å². The zero-order valence-corrected chi connectivity index (χ0v) is 16.9. The van der Waals surface area contributed by atoms with Crippen LogP contribution in [0.3, 0.4) is 0 Å². The van der Waals surface area contributed by atoms with E-state index in [0.717, 1.165) is 4.90 Å². The Morgan fingerprint density at radius 3 is 2.14 bits per heavy atom. The van der Waals surface area contributed by atoms with Gasteiger partial charge in [-0.05, 0) is 36.6 Å². The first kappa shape index (κ1) is 20.4. The lowest BCUT2D eigenvalue weighted by Gasteiger charge is -2.27. The van der Waals surface area contributed by atoms with E-state index < -0.39 is 23.8 Å². The summed E-state index contributed by atoms with van der Waals surface area (Å²) in [7, 11) is 3.02. The van der Waals surface area contributed by atoms with Gasteiger partial charge in [0.05, 0.1) is 31.0 Å². The molecule has 0 saturated carbocycles. The summed E-state index contributed by atoms with van der Waals surface area (Å²) in [5.41, 5.74) is 1.07. The molecule has 1 atom stereocenters. The predicted octanol–water partition coefficient (Wildman–Crippen LogP) is 3.35. The maximum absolute atomic E-state index is 13.2. The molecule has 0 saturated heterocycles. The number of nitrogens with one attached hydrogen (secondary N) is 1. The summed E-state index contributed by atoms with van der Waals surface area (Å²) in [6.07, 6.45) is 0.343. The molecular formula is C22H24N2O5. The van der Waals surface area contributed by atoms with Gasteiger partial charge < -0.3 is 14.8 Å². The number of benzene rings is 2. The number of imide groups is 1. The zero-order valence-electron chi connectivity index (χ0n) is 16.9. The van der Waals surface area contributed by atoms with Crippen molar-refractivity contribution in [3.63, 3.8) is 0 Å². The molecule has 0 aliphatic carbocycles. The quantitative estimate of drug-likeness (QED) is 0.726. The van der Waals surface area contributed by atoms with Crippen molar-refractivity contribution in [3.05, 3.63) is 53.6 Å². The van der Waals surface area contributed by atoms with E-state index in [-0.39, 0.29) is 5.92 Å². The molecule has 3 rings (SSSR count). The highest BCUT2D eigenvalue weighted by Gasteiger charge is 2.42. The Hall–Kier alpha value is -3.35. The number of hydrogen-bond acceptors (Lipinski definition) is 5. The van der Waals surface area contributed by atoms with Crippen LogP contribution in [-0.4, -0.2) is 42.9 Å². The van der Waals surface area contributed by atoms with E-state index in [0.29, 0.717) is 34.7 Å². The highest BCUT2D eigenvalue weighted by Crippen LogP contribution is 2.31. The summed E-state index contributed by atoms with van der Waals surface area (Å²) < 4.78 is 10.5. The normalized spacial score (nSPS) is 14.0. The maximum Gasteiger partial charge on any atom is 0.262 e. The third-order valence-electron chi connectivity index (χ3n) is 4.80. The summed E-state index contributed by atoms with van der Waals surface area (Å²) in [6.45, 7) is 3.87. The number of carbonyl (C=O) groups excluding carboxylic acids is 3. The number of anilines is 1. The molecule has 2 aromatic carbocycles. The number of amides is 3. The SMILES string of the molecule is COc1ccc(NC(=O)C(CC(C)C)N2C(=O)c3ccccc3C2=O)c(OC)c1. The minimum absolute atomic E-state index is 0.0906. The lowest BCUT2D eigenvalue weighted by Crippen LogP contribution is -2.48. The molecule has 1 heterocycles. The topological polar surface area (TPSA) is 84.9 Å². The third-order valence-corrected chi connectivity index (χ3v) is 4.80. The minimum atomic E-state index is -0.936. The van der Waals surface area contributed by atoms with Crippen molar-refractivity contribution in [2.75, 3.05) is 19.5 Å². The molecule has 7 heteroatoms. The van der Waals surface area contributed by atoms with Crippen molar-refractivity contribution in [1.29, 1.82) is 0 Å². The number of methoxy groups -OCH3 is 2. The number of carbonyl (C=O) groups is 3. The van der Waals surface area contributed by atoms with E-state index in [1.807, 2.05) is 13.8 Å². The standard InChI is InChI=1S/C22H24N2O5/c1-13(2)11-18(24-21(26)15-7-5-6-8-16(15)22(24)27)20(25)23-17-10-9-14(28-3)12-19(17)29-4/h5-10,12-13,18H,11H2,1-4H3,(H,23,25). The van der Waals surface area contributed by atoms with Crippen LogP contribution in [-0.2, 0) is 4.79 Å². The van der Waals surface area contributed by atoms with Crippen molar-refractivity contribution in [2.24, 2.45) is 5.92 Å². The number of fused-ring (bicyclic) bond motifs is 1. The Morgan fingerprint density at radius 1 is 1.00 bits per heavy atom. The van der Waals surface area contributed by atoms with Gasteiger partial charge in [0.25, 0.3) is 11.8 Å². The van der Waals surface area contributed by atoms with Crippen molar-refractivity contribution in [2.45, 2.75) is 26.3 Å². The number of rotatable bonds is 7. The average molecular weight is 396 g/mol. The minimum Gasteiger partial charge on any atom is -0.497 e. The first-order valence-corrected chi connectivity index (χ1v) is 9.37. The van der Waals surface area contributed by atoms with E-state index in [1.165, 1.54) is 14.2 Å². The second-order valence-corrected chi connectivity index (χ2v) is 7.23.